The summed E-state index contributed by atoms with van der Waals surface area (Å²) in [6, 6.07) is 7.24. The molecule has 0 spiro atoms. The van der Waals surface area contributed by atoms with Gasteiger partial charge in [-0.3, -0.25) is 0 Å². The molecule has 2 nitrogen and oxygen atoms in total. The van der Waals surface area contributed by atoms with Crippen molar-refractivity contribution in [3.63, 3.8) is 0 Å². The first-order valence-corrected chi connectivity index (χ1v) is 13.1. The minimum atomic E-state index is -4.40. The van der Waals surface area contributed by atoms with Crippen molar-refractivity contribution in [1.82, 2.24) is 0 Å². The molecule has 228 valence electrons. The fourth-order valence-corrected chi connectivity index (χ4v) is 3.93. The lowest BCUT2D eigenvalue weighted by Crippen LogP contribution is -2.41. The fraction of sp³-hybridized carbons (Fsp3) is 0.212. The van der Waals surface area contributed by atoms with Crippen LogP contribution in [0.25, 0.3) is 0 Å². The topological polar surface area (TPSA) is 18.5 Å². The van der Waals surface area contributed by atoms with Crippen LogP contribution in [0, 0.1) is 58.7 Å². The summed E-state index contributed by atoms with van der Waals surface area (Å²) in [6.07, 6.45) is -4.14. The summed E-state index contributed by atoms with van der Waals surface area (Å²) >= 11 is 0. The predicted molar refractivity (Wildman–Crippen MR) is 143 cm³/mol. The van der Waals surface area contributed by atoms with Crippen LogP contribution in [0.1, 0.15) is 42.0 Å². The number of rotatable bonds is 7. The molecular weight excluding hydrogens is 599 g/mol. The van der Waals surface area contributed by atoms with E-state index in [4.69, 9.17) is 4.74 Å². The Labute approximate surface area is 246 Å². The minimum Gasteiger partial charge on any atom is -0.494 e. The van der Waals surface area contributed by atoms with Gasteiger partial charge in [0.25, 0.3) is 0 Å². The second-order valence-corrected chi connectivity index (χ2v) is 9.48. The lowest BCUT2D eigenvalue weighted by molar-refractivity contribution is -0.219. The van der Waals surface area contributed by atoms with Crippen molar-refractivity contribution < 1.29 is 49.0 Å². The zero-order valence-corrected chi connectivity index (χ0v) is 22.8. The Kier molecular flexibility index (Phi) is 10.00. The van der Waals surface area contributed by atoms with Gasteiger partial charge in [-0.1, -0.05) is 37.0 Å². The Hall–Kier alpha value is -4.77. The molecule has 44 heavy (non-hydrogen) atoms. The lowest BCUT2D eigenvalue weighted by atomic mass is 9.95. The molecule has 0 fully saturated rings. The Morgan fingerprint density at radius 1 is 0.750 bits per heavy atom. The SMILES string of the molecule is CCCCOC1=CC(F)C(C(F)(F)Oc2ccc(C#Cc3ccc(C#Cc4cc(F)c(F)c(F)c4)c(F)c3)c(F)c2)C(F)=C1. The molecule has 0 saturated carbocycles. The summed E-state index contributed by atoms with van der Waals surface area (Å²) in [4.78, 5) is 0. The minimum absolute atomic E-state index is 0.0674. The van der Waals surface area contributed by atoms with E-state index >= 15 is 0 Å². The van der Waals surface area contributed by atoms with Crippen LogP contribution in [-0.4, -0.2) is 18.9 Å². The highest BCUT2D eigenvalue weighted by molar-refractivity contribution is 5.49. The lowest BCUT2D eigenvalue weighted by Gasteiger charge is -2.29. The van der Waals surface area contributed by atoms with Crippen molar-refractivity contribution in [2.24, 2.45) is 5.92 Å². The Morgan fingerprint density at radius 3 is 1.93 bits per heavy atom. The molecule has 0 amide bonds. The molecule has 0 radical (unpaired) electrons. The first-order valence-electron chi connectivity index (χ1n) is 13.1. The monoisotopic (exact) mass is 620 g/mol. The van der Waals surface area contributed by atoms with Crippen molar-refractivity contribution in [3.05, 3.63) is 124 Å². The summed E-state index contributed by atoms with van der Waals surface area (Å²) < 4.78 is 137. The van der Waals surface area contributed by atoms with Crippen LogP contribution in [0.3, 0.4) is 0 Å². The molecule has 0 bridgehead atoms. The molecule has 1 aliphatic rings. The highest BCUT2D eigenvalue weighted by Crippen LogP contribution is 2.41. The van der Waals surface area contributed by atoms with Gasteiger partial charge in [0.1, 0.15) is 41.1 Å². The molecule has 1 aliphatic carbocycles. The van der Waals surface area contributed by atoms with Gasteiger partial charge in [0.2, 0.25) is 0 Å². The van der Waals surface area contributed by atoms with E-state index < -0.39 is 58.9 Å². The predicted octanol–water partition coefficient (Wildman–Crippen LogP) is 8.68. The largest absolute Gasteiger partial charge is 0.494 e. The Balaban J connectivity index is 1.44. The number of halogens is 9. The van der Waals surface area contributed by atoms with E-state index in [0.29, 0.717) is 30.7 Å². The van der Waals surface area contributed by atoms with Crippen molar-refractivity contribution >= 4 is 0 Å². The Bertz CT molecular complexity index is 1720. The molecule has 11 heteroatoms. The number of alkyl halides is 3. The van der Waals surface area contributed by atoms with E-state index in [1.807, 2.05) is 6.92 Å². The van der Waals surface area contributed by atoms with E-state index in [2.05, 4.69) is 28.4 Å². The molecule has 2 atom stereocenters. The van der Waals surface area contributed by atoms with E-state index in [1.165, 1.54) is 12.1 Å². The van der Waals surface area contributed by atoms with Crippen LogP contribution < -0.4 is 4.74 Å². The van der Waals surface area contributed by atoms with Crippen LogP contribution in [0.15, 0.2) is 72.3 Å². The van der Waals surface area contributed by atoms with Crippen LogP contribution in [0.4, 0.5) is 39.5 Å². The Morgan fingerprint density at radius 2 is 1.34 bits per heavy atom. The van der Waals surface area contributed by atoms with E-state index in [0.717, 1.165) is 30.7 Å². The van der Waals surface area contributed by atoms with Gasteiger partial charge in [0.15, 0.2) is 17.5 Å². The maximum Gasteiger partial charge on any atom is 0.410 e. The molecule has 4 rings (SSSR count). The fourth-order valence-electron chi connectivity index (χ4n) is 3.93. The summed E-state index contributed by atoms with van der Waals surface area (Å²) in [6.45, 7) is 2.03. The maximum absolute atomic E-state index is 14.7. The zero-order chi connectivity index (χ0) is 32.0. The molecular formula is C33H21F9O2. The van der Waals surface area contributed by atoms with Crippen molar-refractivity contribution in [2.75, 3.05) is 6.61 Å². The second kappa shape index (κ2) is 13.7. The number of ether oxygens (including phenoxy) is 2. The van der Waals surface area contributed by atoms with E-state index in [9.17, 15) is 39.5 Å². The average molecular weight is 621 g/mol. The van der Waals surface area contributed by atoms with Crippen LogP contribution in [0.2, 0.25) is 0 Å². The third-order valence-corrected chi connectivity index (χ3v) is 6.18. The molecule has 2 unspecified atom stereocenters. The third kappa shape index (κ3) is 7.78. The highest BCUT2D eigenvalue weighted by atomic mass is 19.3. The van der Waals surface area contributed by atoms with E-state index in [1.54, 1.807) is 0 Å². The summed E-state index contributed by atoms with van der Waals surface area (Å²) in [5, 5.41) is 0. The van der Waals surface area contributed by atoms with Gasteiger partial charge >= 0.3 is 6.11 Å². The van der Waals surface area contributed by atoms with Crippen LogP contribution in [0.5, 0.6) is 5.75 Å². The third-order valence-electron chi connectivity index (χ3n) is 6.18. The van der Waals surface area contributed by atoms with Gasteiger partial charge in [0, 0.05) is 23.3 Å². The average Bonchev–Trinajstić information content (AvgIpc) is 2.94. The number of allylic oxidation sites excluding steroid dienone is 2. The van der Waals surface area contributed by atoms with Crippen LogP contribution >= 0.6 is 0 Å². The van der Waals surface area contributed by atoms with Gasteiger partial charge in [0.05, 0.1) is 17.7 Å². The van der Waals surface area contributed by atoms with Gasteiger partial charge in [-0.25, -0.2) is 30.7 Å². The quantitative estimate of drug-likeness (QED) is 0.114. The zero-order valence-electron chi connectivity index (χ0n) is 22.8. The molecule has 0 aromatic heterocycles. The summed E-state index contributed by atoms with van der Waals surface area (Å²) in [5.41, 5.74) is -0.620. The van der Waals surface area contributed by atoms with Crippen molar-refractivity contribution in [1.29, 1.82) is 0 Å². The maximum atomic E-state index is 14.7. The van der Waals surface area contributed by atoms with Crippen LogP contribution in [-0.2, 0) is 4.74 Å². The smallest absolute Gasteiger partial charge is 0.410 e. The molecule has 3 aromatic rings. The van der Waals surface area contributed by atoms with Gasteiger partial charge in [-0.15, -0.1) is 0 Å². The molecule has 0 saturated heterocycles. The van der Waals surface area contributed by atoms with Crippen molar-refractivity contribution in [2.45, 2.75) is 32.0 Å². The first-order chi connectivity index (χ1) is 20.9. The van der Waals surface area contributed by atoms with Gasteiger partial charge in [-0.2, -0.15) is 8.78 Å². The standard InChI is InChI=1S/C33H21F9O2/c1-2-3-12-43-24-17-27(36)31(28(37)18-24)33(41,42)44-23-11-10-22(26(35)16-23)8-5-19-4-7-21(25(34)13-19)9-6-20-14-29(38)32(40)30(39)15-20/h4,7,10-11,13-18,27,31H,2-3,12H2,1H3. The van der Waals surface area contributed by atoms with Gasteiger partial charge in [-0.05, 0) is 55.0 Å². The number of hydrogen-bond acceptors (Lipinski definition) is 2. The molecule has 3 aromatic carbocycles. The normalized spacial score (nSPS) is 16.1. The second-order valence-electron chi connectivity index (χ2n) is 9.48. The highest BCUT2D eigenvalue weighted by Gasteiger charge is 2.51. The number of unbranched alkanes of at least 4 members (excludes halogenated alkanes) is 1. The van der Waals surface area contributed by atoms with Gasteiger partial charge < -0.3 is 9.47 Å². The summed E-state index contributed by atoms with van der Waals surface area (Å²) in [7, 11) is 0. The number of hydrogen-bond donors (Lipinski definition) is 0. The van der Waals surface area contributed by atoms with Crippen molar-refractivity contribution in [3.8, 4) is 29.4 Å². The molecule has 0 N–H and O–H groups in total. The summed E-state index contributed by atoms with van der Waals surface area (Å²) in [5.74, 6) is -2.04. The number of benzene rings is 3. The first kappa shape index (κ1) is 32.2. The molecule has 0 aliphatic heterocycles. The molecule has 0 heterocycles. The van der Waals surface area contributed by atoms with E-state index in [-0.39, 0.29) is 34.6 Å².